The first-order chi connectivity index (χ1) is 9.54. The summed E-state index contributed by atoms with van der Waals surface area (Å²) in [5.41, 5.74) is 5.92. The fourth-order valence-corrected chi connectivity index (χ4v) is 2.48. The Bertz CT molecular complexity index is 546. The second-order valence-corrected chi connectivity index (χ2v) is 5.24. The average Bonchev–Trinajstić information content (AvgIpc) is 2.45. The van der Waals surface area contributed by atoms with Crippen molar-refractivity contribution in [1.82, 2.24) is 4.98 Å². The summed E-state index contributed by atoms with van der Waals surface area (Å²) in [6, 6.07) is 3.06. The lowest BCUT2D eigenvalue weighted by atomic mass is 9.82. The lowest BCUT2D eigenvalue weighted by molar-refractivity contribution is -0.384. The van der Waals surface area contributed by atoms with E-state index in [-0.39, 0.29) is 22.6 Å². The Kier molecular flexibility index (Phi) is 4.15. The van der Waals surface area contributed by atoms with Crippen molar-refractivity contribution in [2.24, 2.45) is 5.73 Å². The first kappa shape index (κ1) is 14.2. The molecule has 0 aromatic carbocycles. The van der Waals surface area contributed by atoms with Crippen LogP contribution in [0, 0.1) is 21.4 Å². The maximum absolute atomic E-state index is 11.0. The van der Waals surface area contributed by atoms with E-state index >= 15 is 0 Å². The molecule has 0 atom stereocenters. The van der Waals surface area contributed by atoms with E-state index in [1.165, 1.54) is 18.7 Å². The number of nitrogens with one attached hydrogen (secondary N) is 1. The Hall–Kier alpha value is -2.20. The number of hydrogen-bond acceptors (Lipinski definition) is 6. The average molecular weight is 275 g/mol. The van der Waals surface area contributed by atoms with Crippen LogP contribution in [0.4, 0.5) is 11.5 Å². The number of hydrogen-bond donors (Lipinski definition) is 2. The quantitative estimate of drug-likeness (QED) is 0.640. The summed E-state index contributed by atoms with van der Waals surface area (Å²) in [4.78, 5) is 14.4. The molecular weight excluding hydrogens is 258 g/mol. The Balaban J connectivity index is 2.13. The molecular formula is C13H17N5O2. The van der Waals surface area contributed by atoms with Crippen molar-refractivity contribution in [3.8, 4) is 6.07 Å². The van der Waals surface area contributed by atoms with Crippen molar-refractivity contribution < 1.29 is 4.92 Å². The van der Waals surface area contributed by atoms with E-state index in [9.17, 15) is 10.1 Å². The molecule has 0 spiro atoms. The molecule has 0 saturated heterocycles. The van der Waals surface area contributed by atoms with Gasteiger partial charge in [0.1, 0.15) is 6.07 Å². The van der Waals surface area contributed by atoms with Crippen LogP contribution in [0.5, 0.6) is 0 Å². The van der Waals surface area contributed by atoms with Gasteiger partial charge >= 0.3 is 5.69 Å². The second-order valence-electron chi connectivity index (χ2n) is 5.24. The van der Waals surface area contributed by atoms with Gasteiger partial charge < -0.3 is 11.1 Å². The van der Waals surface area contributed by atoms with Crippen LogP contribution in [-0.2, 0) is 0 Å². The van der Waals surface area contributed by atoms with Crippen LogP contribution in [0.25, 0.3) is 0 Å². The molecule has 3 N–H and O–H groups in total. The largest absolute Gasteiger partial charge is 0.362 e. The van der Waals surface area contributed by atoms with E-state index in [1.54, 1.807) is 0 Å². The van der Waals surface area contributed by atoms with Crippen molar-refractivity contribution in [2.75, 3.05) is 11.9 Å². The van der Waals surface area contributed by atoms with E-state index in [0.29, 0.717) is 6.54 Å². The summed E-state index contributed by atoms with van der Waals surface area (Å²) >= 11 is 0. The lowest BCUT2D eigenvalue weighted by Crippen LogP contribution is -2.47. The first-order valence-corrected chi connectivity index (χ1v) is 6.61. The maximum Gasteiger partial charge on any atom is 0.312 e. The normalized spacial score (nSPS) is 17.2. The van der Waals surface area contributed by atoms with Gasteiger partial charge in [-0.3, -0.25) is 10.1 Å². The number of anilines is 1. The van der Waals surface area contributed by atoms with Gasteiger partial charge in [-0.05, 0) is 12.8 Å². The van der Waals surface area contributed by atoms with Gasteiger partial charge in [0, 0.05) is 24.3 Å². The van der Waals surface area contributed by atoms with Crippen LogP contribution in [0.15, 0.2) is 12.3 Å². The van der Waals surface area contributed by atoms with Crippen LogP contribution < -0.4 is 11.1 Å². The molecule has 1 fully saturated rings. The number of nitriles is 1. The lowest BCUT2D eigenvalue weighted by Gasteiger charge is -2.33. The zero-order valence-electron chi connectivity index (χ0n) is 11.1. The minimum atomic E-state index is -0.541. The van der Waals surface area contributed by atoms with Crippen molar-refractivity contribution in [3.05, 3.63) is 27.9 Å². The summed E-state index contributed by atoms with van der Waals surface area (Å²) in [5.74, 6) is 0.171. The highest BCUT2D eigenvalue weighted by molar-refractivity contribution is 5.58. The number of rotatable bonds is 4. The third-order valence-corrected chi connectivity index (χ3v) is 3.65. The van der Waals surface area contributed by atoms with Crippen LogP contribution in [0.2, 0.25) is 0 Å². The summed E-state index contributed by atoms with van der Waals surface area (Å²) in [7, 11) is 0. The minimum Gasteiger partial charge on any atom is -0.362 e. The van der Waals surface area contributed by atoms with E-state index in [4.69, 9.17) is 11.0 Å². The molecule has 0 aliphatic heterocycles. The molecule has 7 nitrogen and oxygen atoms in total. The topological polar surface area (TPSA) is 118 Å². The van der Waals surface area contributed by atoms with Crippen molar-refractivity contribution >= 4 is 11.5 Å². The van der Waals surface area contributed by atoms with Crippen LogP contribution >= 0.6 is 0 Å². The maximum atomic E-state index is 11.0. The number of nitro groups is 1. The Morgan fingerprint density at radius 2 is 2.20 bits per heavy atom. The van der Waals surface area contributed by atoms with Gasteiger partial charge in [0.05, 0.1) is 10.5 Å². The molecule has 1 aliphatic carbocycles. The zero-order chi connectivity index (χ0) is 14.6. The van der Waals surface area contributed by atoms with Gasteiger partial charge in [0.2, 0.25) is 5.82 Å². The molecule has 0 amide bonds. The van der Waals surface area contributed by atoms with Crippen molar-refractivity contribution in [1.29, 1.82) is 5.26 Å². The molecule has 1 aliphatic rings. The molecule has 1 saturated carbocycles. The molecule has 2 rings (SSSR count). The van der Waals surface area contributed by atoms with E-state index in [2.05, 4.69) is 10.3 Å². The molecule has 0 radical (unpaired) electrons. The minimum absolute atomic E-state index is 0.169. The molecule has 20 heavy (non-hydrogen) atoms. The van der Waals surface area contributed by atoms with Crippen molar-refractivity contribution in [2.45, 2.75) is 37.6 Å². The SMILES string of the molecule is N#Cc1cnc(NCC2(N)CCCCC2)c([N+](=O)[O-])c1. The highest BCUT2D eigenvalue weighted by Crippen LogP contribution is 2.28. The van der Waals surface area contributed by atoms with Crippen LogP contribution in [0.3, 0.4) is 0 Å². The zero-order valence-corrected chi connectivity index (χ0v) is 11.1. The second kappa shape index (κ2) is 5.84. The van der Waals surface area contributed by atoms with Gasteiger partial charge in [0.25, 0.3) is 0 Å². The summed E-state index contributed by atoms with van der Waals surface area (Å²) in [5, 5.41) is 22.7. The van der Waals surface area contributed by atoms with Gasteiger partial charge in [-0.2, -0.15) is 5.26 Å². The number of pyridine rings is 1. The molecule has 1 heterocycles. The highest BCUT2D eigenvalue weighted by atomic mass is 16.6. The van der Waals surface area contributed by atoms with Gasteiger partial charge in [-0.15, -0.1) is 0 Å². The van der Waals surface area contributed by atoms with Crippen LogP contribution in [0.1, 0.15) is 37.7 Å². The molecule has 0 unspecified atom stereocenters. The summed E-state index contributed by atoms with van der Waals surface area (Å²) in [6.07, 6.45) is 6.49. The molecule has 7 heteroatoms. The summed E-state index contributed by atoms with van der Waals surface area (Å²) in [6.45, 7) is 0.451. The number of nitrogens with zero attached hydrogens (tertiary/aromatic N) is 3. The molecule has 0 bridgehead atoms. The standard InChI is InChI=1S/C13H17N5O2/c14-7-10-6-11(18(19)20)12(16-8-10)17-9-13(15)4-2-1-3-5-13/h6,8H,1-5,9,15H2,(H,16,17). The fraction of sp³-hybridized carbons (Fsp3) is 0.538. The smallest absolute Gasteiger partial charge is 0.312 e. The summed E-state index contributed by atoms with van der Waals surface area (Å²) < 4.78 is 0. The highest BCUT2D eigenvalue weighted by Gasteiger charge is 2.28. The van der Waals surface area contributed by atoms with E-state index < -0.39 is 4.92 Å². The molecule has 1 aromatic rings. The number of nitrogens with two attached hydrogens (primary N) is 1. The van der Waals surface area contributed by atoms with Crippen molar-refractivity contribution in [3.63, 3.8) is 0 Å². The van der Waals surface area contributed by atoms with E-state index in [0.717, 1.165) is 25.7 Å². The van der Waals surface area contributed by atoms with Gasteiger partial charge in [-0.25, -0.2) is 4.98 Å². The molecule has 1 aromatic heterocycles. The predicted octanol–water partition coefficient (Wildman–Crippen LogP) is 1.93. The van der Waals surface area contributed by atoms with Crippen LogP contribution in [-0.4, -0.2) is 22.0 Å². The van der Waals surface area contributed by atoms with Gasteiger partial charge in [0.15, 0.2) is 0 Å². The van der Waals surface area contributed by atoms with Gasteiger partial charge in [-0.1, -0.05) is 19.3 Å². The molecule has 106 valence electrons. The Morgan fingerprint density at radius 3 is 2.80 bits per heavy atom. The monoisotopic (exact) mass is 275 g/mol. The third-order valence-electron chi connectivity index (χ3n) is 3.65. The Morgan fingerprint density at radius 1 is 1.50 bits per heavy atom. The Labute approximate surface area is 117 Å². The number of aromatic nitrogens is 1. The van der Waals surface area contributed by atoms with E-state index in [1.807, 2.05) is 6.07 Å². The first-order valence-electron chi connectivity index (χ1n) is 6.61. The fourth-order valence-electron chi connectivity index (χ4n) is 2.48. The third kappa shape index (κ3) is 3.22. The predicted molar refractivity (Wildman–Crippen MR) is 74.1 cm³/mol.